The second-order valence-corrected chi connectivity index (χ2v) is 8.66. The van der Waals surface area contributed by atoms with Gasteiger partial charge in [-0.3, -0.25) is 9.59 Å². The molecule has 0 aliphatic carbocycles. The van der Waals surface area contributed by atoms with Crippen LogP contribution in [0.3, 0.4) is 0 Å². The van der Waals surface area contributed by atoms with Crippen LogP contribution < -0.4 is 5.32 Å². The highest BCUT2D eigenvalue weighted by atomic mass is 35.5. The predicted molar refractivity (Wildman–Crippen MR) is 132 cm³/mol. The second-order valence-electron chi connectivity index (χ2n) is 8.25. The monoisotopic (exact) mass is 476 g/mol. The van der Waals surface area contributed by atoms with Crippen LogP contribution in [0, 0.1) is 5.92 Å². The zero-order valence-electron chi connectivity index (χ0n) is 18.9. The molecule has 0 radical (unpaired) electrons. The van der Waals surface area contributed by atoms with E-state index in [1.807, 2.05) is 62.4 Å². The Hall–Kier alpha value is -3.84. The van der Waals surface area contributed by atoms with Gasteiger partial charge in [0, 0.05) is 18.2 Å². The normalized spacial score (nSPS) is 10.9. The average Bonchev–Trinajstić information content (AvgIpc) is 3.49. The lowest BCUT2D eigenvalue weighted by Crippen LogP contribution is -2.40. The van der Waals surface area contributed by atoms with E-state index >= 15 is 0 Å². The number of rotatable bonds is 8. The first-order valence-corrected chi connectivity index (χ1v) is 11.3. The topological polar surface area (TPSA) is 80.4 Å². The standard InChI is InChI=1S/C26H25ClN4O3/c1-18(2)16-30(26(33)23-13-8-14-34-23)17-25(32)28-24-15-21(19-9-4-3-5-10-19)29-31(24)22-12-7-6-11-20(22)27/h3-15,18H,16-17H2,1-2H3,(H,28,32). The van der Waals surface area contributed by atoms with Gasteiger partial charge in [0.1, 0.15) is 12.4 Å². The van der Waals surface area contributed by atoms with Crippen molar-refractivity contribution in [1.29, 1.82) is 0 Å². The minimum absolute atomic E-state index is 0.133. The lowest BCUT2D eigenvalue weighted by atomic mass is 10.1. The highest BCUT2D eigenvalue weighted by Crippen LogP contribution is 2.28. The zero-order valence-corrected chi connectivity index (χ0v) is 19.7. The van der Waals surface area contributed by atoms with Gasteiger partial charge in [-0.2, -0.15) is 5.10 Å². The average molecular weight is 477 g/mol. The first kappa shape index (κ1) is 23.3. The van der Waals surface area contributed by atoms with Crippen LogP contribution >= 0.6 is 11.6 Å². The van der Waals surface area contributed by atoms with Gasteiger partial charge in [0.25, 0.3) is 5.91 Å². The third-order valence-electron chi connectivity index (χ3n) is 5.07. The Morgan fingerprint density at radius 1 is 1.06 bits per heavy atom. The first-order valence-electron chi connectivity index (χ1n) is 11.0. The van der Waals surface area contributed by atoms with E-state index in [-0.39, 0.29) is 30.0 Å². The van der Waals surface area contributed by atoms with E-state index in [9.17, 15) is 9.59 Å². The number of hydrogen-bond acceptors (Lipinski definition) is 4. The van der Waals surface area contributed by atoms with E-state index in [1.54, 1.807) is 28.9 Å². The summed E-state index contributed by atoms with van der Waals surface area (Å²) in [6.07, 6.45) is 1.44. The second kappa shape index (κ2) is 10.4. The van der Waals surface area contributed by atoms with Gasteiger partial charge in [-0.25, -0.2) is 4.68 Å². The minimum atomic E-state index is -0.353. The molecular weight excluding hydrogens is 452 g/mol. The summed E-state index contributed by atoms with van der Waals surface area (Å²) in [5, 5.41) is 8.09. The molecule has 34 heavy (non-hydrogen) atoms. The third-order valence-corrected chi connectivity index (χ3v) is 5.39. The van der Waals surface area contributed by atoms with Gasteiger partial charge >= 0.3 is 0 Å². The van der Waals surface area contributed by atoms with Crippen molar-refractivity contribution in [2.24, 2.45) is 5.92 Å². The van der Waals surface area contributed by atoms with Crippen LogP contribution in [0.4, 0.5) is 5.82 Å². The van der Waals surface area contributed by atoms with Gasteiger partial charge in [-0.1, -0.05) is 67.9 Å². The van der Waals surface area contributed by atoms with E-state index in [0.717, 1.165) is 5.56 Å². The number of benzene rings is 2. The van der Waals surface area contributed by atoms with Crippen LogP contribution in [-0.2, 0) is 4.79 Å². The third kappa shape index (κ3) is 5.38. The van der Waals surface area contributed by atoms with Crippen LogP contribution in [0.25, 0.3) is 16.9 Å². The molecule has 2 amide bonds. The highest BCUT2D eigenvalue weighted by molar-refractivity contribution is 6.32. The molecular formula is C26H25ClN4O3. The van der Waals surface area contributed by atoms with Crippen molar-refractivity contribution in [3.63, 3.8) is 0 Å². The summed E-state index contributed by atoms with van der Waals surface area (Å²) in [5.41, 5.74) is 2.21. The lowest BCUT2D eigenvalue weighted by Gasteiger charge is -2.23. The maximum Gasteiger partial charge on any atom is 0.290 e. The van der Waals surface area contributed by atoms with Gasteiger partial charge in [-0.15, -0.1) is 0 Å². The Bertz CT molecular complexity index is 1270. The Kier molecular flexibility index (Phi) is 7.13. The predicted octanol–water partition coefficient (Wildman–Crippen LogP) is 5.52. The largest absolute Gasteiger partial charge is 0.459 e. The number of nitrogens with one attached hydrogen (secondary N) is 1. The van der Waals surface area contributed by atoms with Gasteiger partial charge in [0.2, 0.25) is 5.91 Å². The van der Waals surface area contributed by atoms with Crippen molar-refractivity contribution in [2.45, 2.75) is 13.8 Å². The van der Waals surface area contributed by atoms with E-state index in [2.05, 4.69) is 10.4 Å². The molecule has 4 rings (SSSR count). The van der Waals surface area contributed by atoms with Crippen molar-refractivity contribution in [2.75, 3.05) is 18.4 Å². The molecule has 0 fully saturated rings. The summed E-state index contributed by atoms with van der Waals surface area (Å²) >= 11 is 6.43. The molecule has 0 spiro atoms. The molecule has 0 saturated heterocycles. The van der Waals surface area contributed by atoms with E-state index in [0.29, 0.717) is 28.8 Å². The summed E-state index contributed by atoms with van der Waals surface area (Å²) in [7, 11) is 0. The molecule has 174 valence electrons. The van der Waals surface area contributed by atoms with Crippen LogP contribution in [0.5, 0.6) is 0 Å². The number of carbonyl (C=O) groups excluding carboxylic acids is 2. The van der Waals surface area contributed by atoms with Crippen molar-refractivity contribution in [3.05, 3.63) is 89.8 Å². The SMILES string of the molecule is CC(C)CN(CC(=O)Nc1cc(-c2ccccc2)nn1-c1ccccc1Cl)C(=O)c1ccco1. The number of halogens is 1. The highest BCUT2D eigenvalue weighted by Gasteiger charge is 2.23. The quantitative estimate of drug-likeness (QED) is 0.363. The maximum absolute atomic E-state index is 13.1. The molecule has 7 nitrogen and oxygen atoms in total. The Morgan fingerprint density at radius 2 is 1.79 bits per heavy atom. The molecule has 2 aromatic carbocycles. The summed E-state index contributed by atoms with van der Waals surface area (Å²) in [5.74, 6) is 0.129. The van der Waals surface area contributed by atoms with E-state index in [1.165, 1.54) is 11.2 Å². The molecule has 0 unspecified atom stereocenters. The Morgan fingerprint density at radius 3 is 2.47 bits per heavy atom. The fourth-order valence-corrected chi connectivity index (χ4v) is 3.81. The van der Waals surface area contributed by atoms with E-state index in [4.69, 9.17) is 16.0 Å². The molecule has 0 aliphatic rings. The number of furan rings is 1. The maximum atomic E-state index is 13.1. The van der Waals surface area contributed by atoms with E-state index < -0.39 is 0 Å². The number of aromatic nitrogens is 2. The Balaban J connectivity index is 1.62. The van der Waals surface area contributed by atoms with Gasteiger partial charge in [0.15, 0.2) is 5.76 Å². The number of anilines is 1. The van der Waals surface area contributed by atoms with Crippen molar-refractivity contribution < 1.29 is 14.0 Å². The molecule has 0 atom stereocenters. The summed E-state index contributed by atoms with van der Waals surface area (Å²) in [6, 6.07) is 21.9. The minimum Gasteiger partial charge on any atom is -0.459 e. The van der Waals surface area contributed by atoms with Gasteiger partial charge < -0.3 is 14.6 Å². The van der Waals surface area contributed by atoms with Gasteiger partial charge in [0.05, 0.1) is 22.7 Å². The Labute approximate surface area is 202 Å². The molecule has 0 saturated carbocycles. The summed E-state index contributed by atoms with van der Waals surface area (Å²) in [6.45, 7) is 4.25. The summed E-state index contributed by atoms with van der Waals surface area (Å²) in [4.78, 5) is 27.4. The number of para-hydroxylation sites is 1. The fourth-order valence-electron chi connectivity index (χ4n) is 3.60. The van der Waals surface area contributed by atoms with Crippen molar-refractivity contribution >= 4 is 29.2 Å². The molecule has 2 aromatic heterocycles. The van der Waals surface area contributed by atoms with Crippen LogP contribution in [0.1, 0.15) is 24.4 Å². The molecule has 0 aliphatic heterocycles. The van der Waals surface area contributed by atoms with Crippen LogP contribution in [0.2, 0.25) is 5.02 Å². The zero-order chi connectivity index (χ0) is 24.1. The number of nitrogens with zero attached hydrogens (tertiary/aromatic N) is 3. The fraction of sp³-hybridized carbons (Fsp3) is 0.192. The number of carbonyl (C=O) groups is 2. The molecule has 2 heterocycles. The lowest BCUT2D eigenvalue weighted by molar-refractivity contribution is -0.117. The smallest absolute Gasteiger partial charge is 0.290 e. The first-order chi connectivity index (χ1) is 16.4. The number of amides is 2. The van der Waals surface area contributed by atoms with Crippen molar-refractivity contribution in [3.8, 4) is 16.9 Å². The molecule has 8 heteroatoms. The van der Waals surface area contributed by atoms with Gasteiger partial charge in [-0.05, 0) is 30.2 Å². The number of hydrogen-bond donors (Lipinski definition) is 1. The van der Waals surface area contributed by atoms with Crippen LogP contribution in [-0.4, -0.2) is 39.6 Å². The van der Waals surface area contributed by atoms with Crippen molar-refractivity contribution in [1.82, 2.24) is 14.7 Å². The molecule has 1 N–H and O–H groups in total. The van der Waals surface area contributed by atoms with Crippen LogP contribution in [0.15, 0.2) is 83.5 Å². The summed E-state index contributed by atoms with van der Waals surface area (Å²) < 4.78 is 6.85. The molecule has 0 bridgehead atoms. The molecule has 4 aromatic rings.